The van der Waals surface area contributed by atoms with Crippen LogP contribution in [0.5, 0.6) is 0 Å². The number of carbonyl (C=O) groups is 1. The van der Waals surface area contributed by atoms with Crippen molar-refractivity contribution in [3.05, 3.63) is 70.3 Å². The fourth-order valence-electron chi connectivity index (χ4n) is 2.62. The van der Waals surface area contributed by atoms with E-state index in [2.05, 4.69) is 15.3 Å². The Kier molecular flexibility index (Phi) is 3.57. The molecular formula is C18H16N4O2. The number of amides is 1. The Morgan fingerprint density at radius 2 is 1.96 bits per heavy atom. The first-order valence-corrected chi connectivity index (χ1v) is 7.93. The normalized spacial score (nSPS) is 13.8. The van der Waals surface area contributed by atoms with Crippen LogP contribution in [0.1, 0.15) is 28.9 Å². The number of hydrogen-bond donors (Lipinski definition) is 1. The Hall–Kier alpha value is -3.02. The molecule has 2 heterocycles. The van der Waals surface area contributed by atoms with E-state index in [1.54, 1.807) is 18.3 Å². The molecule has 1 amide bonds. The molecular weight excluding hydrogens is 304 g/mol. The zero-order valence-corrected chi connectivity index (χ0v) is 13.0. The molecule has 6 heteroatoms. The number of nitrogens with one attached hydrogen (secondary N) is 1. The maximum atomic E-state index is 12.8. The van der Waals surface area contributed by atoms with Gasteiger partial charge < -0.3 is 5.32 Å². The van der Waals surface area contributed by atoms with Crippen LogP contribution in [0.15, 0.2) is 53.5 Å². The second-order valence-electron chi connectivity index (χ2n) is 5.93. The Bertz CT molecular complexity index is 962. The van der Waals surface area contributed by atoms with Gasteiger partial charge in [-0.3, -0.25) is 14.2 Å². The predicted molar refractivity (Wildman–Crippen MR) is 89.8 cm³/mol. The maximum absolute atomic E-state index is 12.8. The number of carbonyl (C=O) groups excluding carboxylic acids is 1. The minimum Gasteiger partial charge on any atom is -0.348 e. The highest BCUT2D eigenvalue weighted by molar-refractivity contribution is 5.93. The summed E-state index contributed by atoms with van der Waals surface area (Å²) in [4.78, 5) is 33.7. The van der Waals surface area contributed by atoms with Crippen molar-refractivity contribution in [3.63, 3.8) is 0 Å². The van der Waals surface area contributed by atoms with Crippen LogP contribution >= 0.6 is 0 Å². The monoisotopic (exact) mass is 320 g/mol. The van der Waals surface area contributed by atoms with E-state index in [0.717, 1.165) is 18.4 Å². The van der Waals surface area contributed by atoms with E-state index in [1.807, 2.05) is 30.3 Å². The molecule has 1 fully saturated rings. The number of benzene rings is 1. The van der Waals surface area contributed by atoms with Crippen molar-refractivity contribution < 1.29 is 4.79 Å². The van der Waals surface area contributed by atoms with Gasteiger partial charge in [0.25, 0.3) is 11.5 Å². The van der Waals surface area contributed by atoms with E-state index in [4.69, 9.17) is 0 Å². The van der Waals surface area contributed by atoms with Crippen molar-refractivity contribution in [3.8, 4) is 0 Å². The molecule has 1 aliphatic carbocycles. The lowest BCUT2D eigenvalue weighted by Gasteiger charge is -2.11. The first-order chi connectivity index (χ1) is 11.7. The van der Waals surface area contributed by atoms with Crippen molar-refractivity contribution >= 4 is 17.1 Å². The first kappa shape index (κ1) is 14.6. The molecule has 0 spiro atoms. The molecule has 4 rings (SSSR count). The Morgan fingerprint density at radius 3 is 2.71 bits per heavy atom. The van der Waals surface area contributed by atoms with Gasteiger partial charge in [0.15, 0.2) is 11.3 Å². The number of fused-ring (bicyclic) bond motifs is 1. The fraction of sp³-hybridized carbons (Fsp3) is 0.222. The number of aromatic nitrogens is 3. The number of hydrogen-bond acceptors (Lipinski definition) is 4. The lowest BCUT2D eigenvalue weighted by molar-refractivity contribution is 0.0944. The molecule has 0 radical (unpaired) electrons. The minimum absolute atomic E-state index is 0.0710. The second-order valence-corrected chi connectivity index (χ2v) is 5.93. The number of rotatable bonds is 4. The van der Waals surface area contributed by atoms with Crippen LogP contribution in [0.4, 0.5) is 0 Å². The summed E-state index contributed by atoms with van der Waals surface area (Å²) in [5, 5.41) is 2.83. The molecule has 2 aromatic heterocycles. The maximum Gasteiger partial charge on any atom is 0.284 e. The van der Waals surface area contributed by atoms with Crippen molar-refractivity contribution in [2.45, 2.75) is 25.4 Å². The summed E-state index contributed by atoms with van der Waals surface area (Å²) >= 11 is 0. The predicted octanol–water partition coefficient (Wildman–Crippen LogP) is 1.73. The average Bonchev–Trinajstić information content (AvgIpc) is 3.42. The van der Waals surface area contributed by atoms with Gasteiger partial charge >= 0.3 is 0 Å². The molecule has 0 atom stereocenters. The highest BCUT2D eigenvalue weighted by atomic mass is 16.2. The van der Waals surface area contributed by atoms with Crippen molar-refractivity contribution in [2.24, 2.45) is 0 Å². The third-order valence-electron chi connectivity index (χ3n) is 4.01. The Balaban J connectivity index is 1.84. The number of pyridine rings is 1. The first-order valence-electron chi connectivity index (χ1n) is 7.93. The molecule has 0 bridgehead atoms. The zero-order chi connectivity index (χ0) is 16.5. The Morgan fingerprint density at radius 1 is 1.17 bits per heavy atom. The molecule has 0 unspecified atom stereocenters. The van der Waals surface area contributed by atoms with Gasteiger partial charge in [-0.15, -0.1) is 0 Å². The van der Waals surface area contributed by atoms with Crippen LogP contribution in [0.3, 0.4) is 0 Å². The van der Waals surface area contributed by atoms with Gasteiger partial charge in [-0.2, -0.15) is 0 Å². The van der Waals surface area contributed by atoms with E-state index in [0.29, 0.717) is 17.7 Å². The van der Waals surface area contributed by atoms with Crippen LogP contribution < -0.4 is 10.9 Å². The van der Waals surface area contributed by atoms with Gasteiger partial charge in [0, 0.05) is 12.2 Å². The molecule has 24 heavy (non-hydrogen) atoms. The molecule has 3 aromatic rings. The van der Waals surface area contributed by atoms with Crippen LogP contribution in [-0.4, -0.2) is 26.5 Å². The van der Waals surface area contributed by atoms with Gasteiger partial charge in [0.1, 0.15) is 5.52 Å². The lowest BCUT2D eigenvalue weighted by Crippen LogP contribution is -2.36. The molecule has 6 nitrogen and oxygen atoms in total. The molecule has 1 N–H and O–H groups in total. The zero-order valence-electron chi connectivity index (χ0n) is 13.0. The topological polar surface area (TPSA) is 76.9 Å². The van der Waals surface area contributed by atoms with Gasteiger partial charge in [-0.05, 0) is 30.5 Å². The summed E-state index contributed by atoms with van der Waals surface area (Å²) in [6.07, 6.45) is 3.53. The van der Waals surface area contributed by atoms with E-state index < -0.39 is 11.5 Å². The summed E-state index contributed by atoms with van der Waals surface area (Å²) < 4.78 is 1.51. The summed E-state index contributed by atoms with van der Waals surface area (Å²) in [5.41, 5.74) is 1.50. The summed E-state index contributed by atoms with van der Waals surface area (Å²) in [5.74, 6) is -0.407. The molecule has 1 aliphatic rings. The molecule has 0 saturated heterocycles. The van der Waals surface area contributed by atoms with Crippen LogP contribution in [0, 0.1) is 0 Å². The second kappa shape index (κ2) is 5.88. The van der Waals surface area contributed by atoms with E-state index in [9.17, 15) is 9.59 Å². The summed E-state index contributed by atoms with van der Waals surface area (Å²) in [7, 11) is 0. The summed E-state index contributed by atoms with van der Waals surface area (Å²) in [6, 6.07) is 13.3. The largest absolute Gasteiger partial charge is 0.348 e. The molecule has 120 valence electrons. The van der Waals surface area contributed by atoms with Crippen LogP contribution in [0.25, 0.3) is 11.2 Å². The molecule has 1 saturated carbocycles. The van der Waals surface area contributed by atoms with E-state index in [-0.39, 0.29) is 11.7 Å². The fourth-order valence-corrected chi connectivity index (χ4v) is 2.62. The van der Waals surface area contributed by atoms with E-state index in [1.165, 1.54) is 4.57 Å². The Labute approximate surface area is 138 Å². The number of nitrogens with zero attached hydrogens (tertiary/aromatic N) is 3. The average molecular weight is 320 g/mol. The van der Waals surface area contributed by atoms with E-state index >= 15 is 0 Å². The van der Waals surface area contributed by atoms with Crippen LogP contribution in [-0.2, 0) is 6.54 Å². The SMILES string of the molecule is O=C(NC1CC1)c1nc2cccnc2n(Cc2ccccc2)c1=O. The highest BCUT2D eigenvalue weighted by Crippen LogP contribution is 2.19. The van der Waals surface area contributed by atoms with Gasteiger partial charge in [0.2, 0.25) is 0 Å². The molecule has 0 aliphatic heterocycles. The molecule has 1 aromatic carbocycles. The van der Waals surface area contributed by atoms with Crippen molar-refractivity contribution in [1.29, 1.82) is 0 Å². The third-order valence-corrected chi connectivity index (χ3v) is 4.01. The van der Waals surface area contributed by atoms with Gasteiger partial charge in [0.05, 0.1) is 6.54 Å². The third kappa shape index (κ3) is 2.78. The van der Waals surface area contributed by atoms with Crippen molar-refractivity contribution in [1.82, 2.24) is 19.9 Å². The van der Waals surface area contributed by atoms with Gasteiger partial charge in [-0.1, -0.05) is 30.3 Å². The smallest absolute Gasteiger partial charge is 0.284 e. The van der Waals surface area contributed by atoms with Crippen molar-refractivity contribution in [2.75, 3.05) is 0 Å². The lowest BCUT2D eigenvalue weighted by atomic mass is 10.2. The highest BCUT2D eigenvalue weighted by Gasteiger charge is 2.26. The summed E-state index contributed by atoms with van der Waals surface area (Å²) in [6.45, 7) is 0.347. The quantitative estimate of drug-likeness (QED) is 0.794. The minimum atomic E-state index is -0.414. The standard InChI is InChI=1S/C18H16N4O2/c23-17(20-13-8-9-13)15-18(24)22(11-12-5-2-1-3-6-12)16-14(21-15)7-4-10-19-16/h1-7,10,13H,8-9,11H2,(H,20,23). The van der Waals surface area contributed by atoms with Gasteiger partial charge in [-0.25, -0.2) is 9.97 Å². The van der Waals surface area contributed by atoms with Crippen LogP contribution in [0.2, 0.25) is 0 Å².